The number of halogens is 2. The third-order valence-electron chi connectivity index (χ3n) is 2.51. The van der Waals surface area contributed by atoms with Crippen LogP contribution >= 0.6 is 0 Å². The van der Waals surface area contributed by atoms with E-state index in [0.29, 0.717) is 0 Å². The van der Waals surface area contributed by atoms with Crippen LogP contribution < -0.4 is 0 Å². The summed E-state index contributed by atoms with van der Waals surface area (Å²) in [4.78, 5) is 10.3. The van der Waals surface area contributed by atoms with Crippen LogP contribution in [0.25, 0.3) is 0 Å². The SMILES string of the molecule is Cc1cc(C(O)CCCC(=O)O)c(F)cc1F. The zero-order valence-corrected chi connectivity index (χ0v) is 9.41. The Balaban J connectivity index is 2.71. The first-order valence-corrected chi connectivity index (χ1v) is 5.27. The minimum Gasteiger partial charge on any atom is -0.481 e. The number of aliphatic hydroxyl groups excluding tert-OH is 1. The van der Waals surface area contributed by atoms with E-state index in [4.69, 9.17) is 5.11 Å². The van der Waals surface area contributed by atoms with Crippen molar-refractivity contribution < 1.29 is 23.8 Å². The number of hydrogen-bond donors (Lipinski definition) is 2. The number of rotatable bonds is 5. The third kappa shape index (κ3) is 3.78. The summed E-state index contributed by atoms with van der Waals surface area (Å²) >= 11 is 0. The molecule has 0 amide bonds. The molecular weight excluding hydrogens is 230 g/mol. The zero-order valence-electron chi connectivity index (χ0n) is 9.41. The van der Waals surface area contributed by atoms with E-state index in [1.807, 2.05) is 0 Å². The molecule has 0 fully saturated rings. The molecule has 0 aliphatic carbocycles. The fourth-order valence-electron chi connectivity index (χ4n) is 1.54. The maximum atomic E-state index is 13.4. The Morgan fingerprint density at radius 1 is 1.35 bits per heavy atom. The highest BCUT2D eigenvalue weighted by molar-refractivity contribution is 5.66. The van der Waals surface area contributed by atoms with Gasteiger partial charge < -0.3 is 10.2 Å². The minimum absolute atomic E-state index is 0.00860. The Morgan fingerprint density at radius 3 is 2.59 bits per heavy atom. The van der Waals surface area contributed by atoms with E-state index in [-0.39, 0.29) is 30.4 Å². The predicted octanol–water partition coefficient (Wildman–Crippen LogP) is 2.56. The van der Waals surface area contributed by atoms with Gasteiger partial charge in [0, 0.05) is 18.1 Å². The van der Waals surface area contributed by atoms with Crippen molar-refractivity contribution in [1.82, 2.24) is 0 Å². The fourth-order valence-corrected chi connectivity index (χ4v) is 1.54. The molecule has 0 saturated carbocycles. The highest BCUT2D eigenvalue weighted by Crippen LogP contribution is 2.24. The van der Waals surface area contributed by atoms with Crippen LogP contribution in [0.15, 0.2) is 12.1 Å². The number of aliphatic carboxylic acids is 1. The Labute approximate surface area is 97.7 Å². The van der Waals surface area contributed by atoms with Crippen LogP contribution in [0.1, 0.15) is 36.5 Å². The molecule has 94 valence electrons. The lowest BCUT2D eigenvalue weighted by atomic mass is 10.0. The molecule has 1 aromatic rings. The smallest absolute Gasteiger partial charge is 0.303 e. The topological polar surface area (TPSA) is 57.5 Å². The number of aliphatic hydroxyl groups is 1. The summed E-state index contributed by atoms with van der Waals surface area (Å²) in [6.07, 6.45) is -0.812. The van der Waals surface area contributed by atoms with Crippen LogP contribution in [-0.2, 0) is 4.79 Å². The van der Waals surface area contributed by atoms with Crippen LogP contribution in [-0.4, -0.2) is 16.2 Å². The van der Waals surface area contributed by atoms with E-state index in [0.717, 1.165) is 6.07 Å². The summed E-state index contributed by atoms with van der Waals surface area (Å²) in [6, 6.07) is 1.97. The normalized spacial score (nSPS) is 12.5. The van der Waals surface area contributed by atoms with Crippen LogP contribution in [0.3, 0.4) is 0 Å². The molecule has 1 rings (SSSR count). The second-order valence-electron chi connectivity index (χ2n) is 3.92. The number of benzene rings is 1. The van der Waals surface area contributed by atoms with Gasteiger partial charge in [0.25, 0.3) is 0 Å². The van der Waals surface area contributed by atoms with Gasteiger partial charge in [-0.25, -0.2) is 8.78 Å². The number of carboxylic acid groups (broad SMARTS) is 1. The molecule has 0 heterocycles. The van der Waals surface area contributed by atoms with Gasteiger partial charge in [0.2, 0.25) is 0 Å². The second-order valence-corrected chi connectivity index (χ2v) is 3.92. The number of hydrogen-bond acceptors (Lipinski definition) is 2. The van der Waals surface area contributed by atoms with Gasteiger partial charge in [-0.05, 0) is 31.4 Å². The molecule has 5 heteroatoms. The van der Waals surface area contributed by atoms with Gasteiger partial charge in [-0.1, -0.05) is 0 Å². The first-order chi connectivity index (χ1) is 7.91. The van der Waals surface area contributed by atoms with Crippen LogP contribution in [0.5, 0.6) is 0 Å². The molecule has 0 spiro atoms. The van der Waals surface area contributed by atoms with Gasteiger partial charge in [0.05, 0.1) is 6.10 Å². The van der Waals surface area contributed by atoms with Gasteiger partial charge >= 0.3 is 5.97 Å². The molecule has 2 N–H and O–H groups in total. The summed E-state index contributed by atoms with van der Waals surface area (Å²) in [5.41, 5.74) is 0.257. The molecule has 0 radical (unpaired) electrons. The van der Waals surface area contributed by atoms with Crippen molar-refractivity contribution in [3.05, 3.63) is 34.9 Å². The van der Waals surface area contributed by atoms with E-state index in [1.54, 1.807) is 0 Å². The molecule has 17 heavy (non-hydrogen) atoms. The summed E-state index contributed by atoms with van der Waals surface area (Å²) < 4.78 is 26.3. The van der Waals surface area contributed by atoms with Gasteiger partial charge in [-0.2, -0.15) is 0 Å². The van der Waals surface area contributed by atoms with E-state index < -0.39 is 23.7 Å². The molecule has 0 saturated heterocycles. The van der Waals surface area contributed by atoms with Crippen molar-refractivity contribution in [2.24, 2.45) is 0 Å². The lowest BCUT2D eigenvalue weighted by Gasteiger charge is -2.12. The maximum absolute atomic E-state index is 13.4. The first kappa shape index (κ1) is 13.6. The van der Waals surface area contributed by atoms with Crippen molar-refractivity contribution in [3.63, 3.8) is 0 Å². The summed E-state index contributed by atoms with van der Waals surface area (Å²) in [6.45, 7) is 1.47. The largest absolute Gasteiger partial charge is 0.481 e. The van der Waals surface area contributed by atoms with Gasteiger partial charge in [0.1, 0.15) is 11.6 Å². The van der Waals surface area contributed by atoms with E-state index >= 15 is 0 Å². The van der Waals surface area contributed by atoms with Crippen LogP contribution in [0.4, 0.5) is 8.78 Å². The quantitative estimate of drug-likeness (QED) is 0.836. The number of aryl methyl sites for hydroxylation is 1. The van der Waals surface area contributed by atoms with E-state index in [9.17, 15) is 18.7 Å². The number of carbonyl (C=O) groups is 1. The summed E-state index contributed by atoms with van der Waals surface area (Å²) in [5, 5.41) is 18.1. The standard InChI is InChI=1S/C12H14F2O3/c1-7-5-8(10(14)6-9(7)13)11(15)3-2-4-12(16)17/h5-6,11,15H,2-4H2,1H3,(H,16,17). The highest BCUT2D eigenvalue weighted by atomic mass is 19.1. The summed E-state index contributed by atoms with van der Waals surface area (Å²) in [5.74, 6) is -2.44. The molecule has 0 aromatic heterocycles. The average Bonchev–Trinajstić information content (AvgIpc) is 2.22. The third-order valence-corrected chi connectivity index (χ3v) is 2.51. The Bertz CT molecular complexity index is 418. The Hall–Kier alpha value is -1.49. The van der Waals surface area contributed by atoms with Crippen molar-refractivity contribution >= 4 is 5.97 Å². The molecule has 1 aromatic carbocycles. The maximum Gasteiger partial charge on any atom is 0.303 e. The zero-order chi connectivity index (χ0) is 13.0. The molecule has 0 aliphatic heterocycles. The van der Waals surface area contributed by atoms with Gasteiger partial charge in [0.15, 0.2) is 0 Å². The minimum atomic E-state index is -1.10. The molecule has 1 atom stereocenters. The van der Waals surface area contributed by atoms with Gasteiger partial charge in [-0.3, -0.25) is 4.79 Å². The Kier molecular flexibility index (Phi) is 4.57. The first-order valence-electron chi connectivity index (χ1n) is 5.27. The van der Waals surface area contributed by atoms with Crippen molar-refractivity contribution in [2.45, 2.75) is 32.3 Å². The molecule has 1 unspecified atom stereocenters. The monoisotopic (exact) mass is 244 g/mol. The molecular formula is C12H14F2O3. The molecule has 3 nitrogen and oxygen atoms in total. The highest BCUT2D eigenvalue weighted by Gasteiger charge is 2.15. The molecule has 0 aliphatic rings. The lowest BCUT2D eigenvalue weighted by molar-refractivity contribution is -0.137. The predicted molar refractivity (Wildman–Crippen MR) is 57.5 cm³/mol. The van der Waals surface area contributed by atoms with E-state index in [2.05, 4.69) is 0 Å². The lowest BCUT2D eigenvalue weighted by Crippen LogP contribution is -2.04. The van der Waals surface area contributed by atoms with Crippen molar-refractivity contribution in [1.29, 1.82) is 0 Å². The number of carboxylic acids is 1. The van der Waals surface area contributed by atoms with Crippen molar-refractivity contribution in [3.8, 4) is 0 Å². The fraction of sp³-hybridized carbons (Fsp3) is 0.417. The summed E-state index contributed by atoms with van der Waals surface area (Å²) in [7, 11) is 0. The van der Waals surface area contributed by atoms with E-state index in [1.165, 1.54) is 13.0 Å². The van der Waals surface area contributed by atoms with Gasteiger partial charge in [-0.15, -0.1) is 0 Å². The van der Waals surface area contributed by atoms with Crippen molar-refractivity contribution in [2.75, 3.05) is 0 Å². The average molecular weight is 244 g/mol. The second kappa shape index (κ2) is 5.72. The van der Waals surface area contributed by atoms with Crippen LogP contribution in [0.2, 0.25) is 0 Å². The Morgan fingerprint density at radius 2 is 2.00 bits per heavy atom. The molecule has 0 bridgehead atoms. The van der Waals surface area contributed by atoms with Crippen LogP contribution in [0, 0.1) is 18.6 Å².